The summed E-state index contributed by atoms with van der Waals surface area (Å²) in [6, 6.07) is 7.63. The van der Waals surface area contributed by atoms with Crippen molar-refractivity contribution in [1.29, 1.82) is 0 Å². The standard InChI is InChI=1S/C24H36N2O3Si/c1-23(2)18-12-13-24(23,3)21(20(18)29-30(5,6)7)26-19-17(14-25-22(19)27)15-8-10-16(28-4)11-9-15/h8-11,17-20H,12-14H2,1-7H3,(H,25,27)/t17-,18-,19+,20-,24+/m1/s1. The Morgan fingerprint density at radius 3 is 2.40 bits per heavy atom. The first kappa shape index (κ1) is 21.6. The third-order valence-electron chi connectivity index (χ3n) is 7.95. The summed E-state index contributed by atoms with van der Waals surface area (Å²) in [7, 11) is -0.0892. The quantitative estimate of drug-likeness (QED) is 0.708. The van der Waals surface area contributed by atoms with Crippen LogP contribution in [0.4, 0.5) is 0 Å². The molecule has 1 aromatic rings. The predicted octanol–water partition coefficient (Wildman–Crippen LogP) is 4.39. The van der Waals surface area contributed by atoms with Crippen LogP contribution in [0.1, 0.15) is 45.1 Å². The summed E-state index contributed by atoms with van der Waals surface area (Å²) >= 11 is 0. The van der Waals surface area contributed by atoms with E-state index in [0.717, 1.165) is 23.4 Å². The van der Waals surface area contributed by atoms with Gasteiger partial charge in [0.1, 0.15) is 11.8 Å². The Hall–Kier alpha value is -1.66. The molecule has 0 unspecified atom stereocenters. The van der Waals surface area contributed by atoms with Gasteiger partial charge in [-0.1, -0.05) is 32.9 Å². The fraction of sp³-hybridized carbons (Fsp3) is 0.667. The van der Waals surface area contributed by atoms with Gasteiger partial charge in [0.25, 0.3) is 0 Å². The molecule has 1 aliphatic heterocycles. The van der Waals surface area contributed by atoms with Gasteiger partial charge < -0.3 is 14.5 Å². The van der Waals surface area contributed by atoms with Crippen LogP contribution in [0.2, 0.25) is 19.6 Å². The molecule has 1 aromatic carbocycles. The lowest BCUT2D eigenvalue weighted by Gasteiger charge is -2.35. The van der Waals surface area contributed by atoms with Crippen molar-refractivity contribution in [1.82, 2.24) is 5.32 Å². The van der Waals surface area contributed by atoms with Crippen LogP contribution >= 0.6 is 0 Å². The first-order chi connectivity index (χ1) is 14.0. The van der Waals surface area contributed by atoms with Crippen molar-refractivity contribution in [2.24, 2.45) is 21.7 Å². The van der Waals surface area contributed by atoms with Crippen LogP contribution in [-0.2, 0) is 9.22 Å². The van der Waals surface area contributed by atoms with Crippen LogP contribution in [0, 0.1) is 16.7 Å². The number of ether oxygens (including phenoxy) is 1. The molecule has 2 bridgehead atoms. The van der Waals surface area contributed by atoms with Crippen molar-refractivity contribution < 1.29 is 14.0 Å². The number of carbonyl (C=O) groups is 1. The molecule has 3 fully saturated rings. The number of aliphatic imine (C=N–C) groups is 1. The fourth-order valence-corrected chi connectivity index (χ4v) is 6.86. The Bertz CT molecular complexity index is 858. The Morgan fingerprint density at radius 2 is 1.80 bits per heavy atom. The minimum atomic E-state index is -1.76. The van der Waals surface area contributed by atoms with Crippen LogP contribution in [0.3, 0.4) is 0 Å². The van der Waals surface area contributed by atoms with Crippen molar-refractivity contribution in [3.63, 3.8) is 0 Å². The summed E-state index contributed by atoms with van der Waals surface area (Å²) in [5.74, 6) is 1.36. The maximum Gasteiger partial charge on any atom is 0.245 e. The molecule has 5 atom stereocenters. The highest BCUT2D eigenvalue weighted by atomic mass is 28.4. The largest absolute Gasteiger partial charge is 0.497 e. The molecule has 1 N–H and O–H groups in total. The highest BCUT2D eigenvalue weighted by molar-refractivity contribution is 6.70. The highest BCUT2D eigenvalue weighted by Gasteiger charge is 2.65. The van der Waals surface area contributed by atoms with Gasteiger partial charge in [0, 0.05) is 23.6 Å². The molecular formula is C24H36N2O3Si. The van der Waals surface area contributed by atoms with E-state index in [1.165, 1.54) is 6.42 Å². The normalized spacial score (nSPS) is 36.4. The summed E-state index contributed by atoms with van der Waals surface area (Å²) in [6.07, 6.45) is 2.34. The van der Waals surface area contributed by atoms with Crippen molar-refractivity contribution in [2.45, 2.75) is 71.3 Å². The van der Waals surface area contributed by atoms with Gasteiger partial charge in [0.2, 0.25) is 5.91 Å². The lowest BCUT2D eigenvalue weighted by Crippen LogP contribution is -2.43. The number of carbonyl (C=O) groups excluding carboxylic acids is 1. The summed E-state index contributed by atoms with van der Waals surface area (Å²) in [5.41, 5.74) is 2.36. The van der Waals surface area contributed by atoms with Crippen LogP contribution in [0.25, 0.3) is 0 Å². The van der Waals surface area contributed by atoms with E-state index in [9.17, 15) is 4.79 Å². The first-order valence-electron chi connectivity index (χ1n) is 11.2. The maximum atomic E-state index is 12.9. The lowest BCUT2D eigenvalue weighted by atomic mass is 9.70. The average Bonchev–Trinajstić information content (AvgIpc) is 3.19. The minimum absolute atomic E-state index is 0.0185. The van der Waals surface area contributed by atoms with Gasteiger partial charge in [-0.25, -0.2) is 0 Å². The molecule has 164 valence electrons. The zero-order valence-electron chi connectivity index (χ0n) is 19.4. The van der Waals surface area contributed by atoms with E-state index in [0.29, 0.717) is 12.5 Å². The fourth-order valence-electron chi connectivity index (χ4n) is 5.82. The molecule has 0 aromatic heterocycles. The van der Waals surface area contributed by atoms with E-state index in [1.807, 2.05) is 12.1 Å². The third kappa shape index (κ3) is 3.32. The second-order valence-electron chi connectivity index (χ2n) is 10.9. The van der Waals surface area contributed by atoms with Gasteiger partial charge >= 0.3 is 0 Å². The molecular weight excluding hydrogens is 392 g/mol. The molecule has 5 nitrogen and oxygen atoms in total. The molecule has 2 aliphatic carbocycles. The number of nitrogens with one attached hydrogen (secondary N) is 1. The molecule has 0 spiro atoms. The maximum absolute atomic E-state index is 12.9. The molecule has 1 amide bonds. The SMILES string of the molecule is COc1ccc([C@H]2CNC(=O)[C@H]2N=C2[C@H](O[Si](C)(C)C)[C@H]3CC[C@]2(C)C3(C)C)cc1. The number of methoxy groups -OCH3 is 1. The molecule has 0 radical (unpaired) electrons. The van der Waals surface area contributed by atoms with Gasteiger partial charge in [0.05, 0.1) is 13.2 Å². The molecule has 3 aliphatic rings. The second kappa shape index (κ2) is 7.19. The summed E-state index contributed by atoms with van der Waals surface area (Å²) in [5, 5.41) is 3.05. The number of benzene rings is 1. The Balaban J connectivity index is 1.73. The number of fused-ring (bicyclic) bond motifs is 2. The number of rotatable bonds is 5. The molecule has 1 heterocycles. The average molecular weight is 429 g/mol. The zero-order valence-corrected chi connectivity index (χ0v) is 20.4. The second-order valence-corrected chi connectivity index (χ2v) is 15.4. The zero-order chi connectivity index (χ0) is 21.9. The predicted molar refractivity (Wildman–Crippen MR) is 123 cm³/mol. The Morgan fingerprint density at radius 1 is 1.13 bits per heavy atom. The minimum Gasteiger partial charge on any atom is -0.497 e. The highest BCUT2D eigenvalue weighted by Crippen LogP contribution is 2.65. The summed E-state index contributed by atoms with van der Waals surface area (Å²) in [6.45, 7) is 14.4. The lowest BCUT2D eigenvalue weighted by molar-refractivity contribution is -0.120. The van der Waals surface area contributed by atoms with E-state index in [4.69, 9.17) is 14.2 Å². The molecule has 1 saturated heterocycles. The van der Waals surface area contributed by atoms with Crippen molar-refractivity contribution in [3.05, 3.63) is 29.8 Å². The topological polar surface area (TPSA) is 59.9 Å². The van der Waals surface area contributed by atoms with E-state index in [2.05, 4.69) is 57.9 Å². The van der Waals surface area contributed by atoms with E-state index in [1.54, 1.807) is 7.11 Å². The summed E-state index contributed by atoms with van der Waals surface area (Å²) in [4.78, 5) is 18.1. The molecule has 6 heteroatoms. The van der Waals surface area contributed by atoms with E-state index in [-0.39, 0.29) is 28.8 Å². The van der Waals surface area contributed by atoms with Crippen LogP contribution in [0.5, 0.6) is 5.75 Å². The Labute approximate surface area is 181 Å². The van der Waals surface area contributed by atoms with Gasteiger partial charge in [0.15, 0.2) is 8.32 Å². The van der Waals surface area contributed by atoms with Gasteiger partial charge in [-0.3, -0.25) is 9.79 Å². The first-order valence-corrected chi connectivity index (χ1v) is 14.6. The number of nitrogens with zero attached hydrogens (tertiary/aromatic N) is 1. The van der Waals surface area contributed by atoms with Crippen molar-refractivity contribution in [3.8, 4) is 5.75 Å². The molecule has 30 heavy (non-hydrogen) atoms. The van der Waals surface area contributed by atoms with E-state index < -0.39 is 14.4 Å². The monoisotopic (exact) mass is 428 g/mol. The van der Waals surface area contributed by atoms with E-state index >= 15 is 0 Å². The molecule has 4 rings (SSSR count). The van der Waals surface area contributed by atoms with Crippen LogP contribution in [0.15, 0.2) is 29.3 Å². The van der Waals surface area contributed by atoms with Crippen LogP contribution in [-0.4, -0.2) is 45.7 Å². The van der Waals surface area contributed by atoms with Crippen molar-refractivity contribution >= 4 is 19.9 Å². The number of amides is 1. The van der Waals surface area contributed by atoms with Gasteiger partial charge in [-0.15, -0.1) is 0 Å². The summed E-state index contributed by atoms with van der Waals surface area (Å²) < 4.78 is 12.0. The number of hydrogen-bond donors (Lipinski definition) is 1. The van der Waals surface area contributed by atoms with Crippen molar-refractivity contribution in [2.75, 3.05) is 13.7 Å². The third-order valence-corrected chi connectivity index (χ3v) is 8.91. The van der Waals surface area contributed by atoms with Gasteiger partial charge in [-0.05, 0) is 61.5 Å². The van der Waals surface area contributed by atoms with Crippen LogP contribution < -0.4 is 10.1 Å². The smallest absolute Gasteiger partial charge is 0.245 e. The Kier molecular flexibility index (Phi) is 5.17. The molecule has 2 saturated carbocycles. The number of hydrogen-bond acceptors (Lipinski definition) is 4. The van der Waals surface area contributed by atoms with Gasteiger partial charge in [-0.2, -0.15) is 0 Å².